The van der Waals surface area contributed by atoms with Gasteiger partial charge in [-0.05, 0) is 29.8 Å². The van der Waals surface area contributed by atoms with Gasteiger partial charge in [-0.2, -0.15) is 0 Å². The minimum absolute atomic E-state index is 0.0170. The second-order valence-corrected chi connectivity index (χ2v) is 5.79. The molecule has 0 saturated heterocycles. The first kappa shape index (κ1) is 13.7. The zero-order chi connectivity index (χ0) is 14.8. The van der Waals surface area contributed by atoms with Gasteiger partial charge in [-0.3, -0.25) is 10.1 Å². The van der Waals surface area contributed by atoms with E-state index in [4.69, 9.17) is 11.6 Å². The standard InChI is InChI=1S/C15H9ClN2O2S/c16-12-7-6-11(18(19)20)9-10(12)5-8-15-17-13-3-1-2-4-14(13)21-15/h1-9H. The van der Waals surface area contributed by atoms with Crippen molar-refractivity contribution in [2.75, 3.05) is 0 Å². The van der Waals surface area contributed by atoms with Crippen LogP contribution in [-0.4, -0.2) is 9.91 Å². The topological polar surface area (TPSA) is 56.0 Å². The van der Waals surface area contributed by atoms with Gasteiger partial charge < -0.3 is 0 Å². The van der Waals surface area contributed by atoms with Crippen molar-refractivity contribution in [2.24, 2.45) is 0 Å². The van der Waals surface area contributed by atoms with Crippen LogP contribution in [-0.2, 0) is 0 Å². The number of nitrogens with zero attached hydrogens (tertiary/aromatic N) is 2. The maximum atomic E-state index is 10.8. The van der Waals surface area contributed by atoms with Crippen LogP contribution in [0, 0.1) is 10.1 Å². The molecule has 4 nitrogen and oxygen atoms in total. The van der Waals surface area contributed by atoms with Crippen molar-refractivity contribution < 1.29 is 4.92 Å². The first-order chi connectivity index (χ1) is 10.1. The molecule has 0 aliphatic rings. The number of thiazole rings is 1. The monoisotopic (exact) mass is 316 g/mol. The average molecular weight is 317 g/mol. The van der Waals surface area contributed by atoms with Crippen LogP contribution in [0.4, 0.5) is 5.69 Å². The molecule has 21 heavy (non-hydrogen) atoms. The van der Waals surface area contributed by atoms with Gasteiger partial charge in [-0.25, -0.2) is 4.98 Å². The van der Waals surface area contributed by atoms with E-state index < -0.39 is 4.92 Å². The first-order valence-electron chi connectivity index (χ1n) is 6.11. The highest BCUT2D eigenvalue weighted by Crippen LogP contribution is 2.26. The second-order valence-electron chi connectivity index (χ2n) is 4.32. The largest absolute Gasteiger partial charge is 0.270 e. The van der Waals surface area contributed by atoms with Crippen LogP contribution >= 0.6 is 22.9 Å². The van der Waals surface area contributed by atoms with Crippen molar-refractivity contribution in [3.8, 4) is 0 Å². The van der Waals surface area contributed by atoms with E-state index in [1.54, 1.807) is 17.4 Å². The molecule has 0 saturated carbocycles. The van der Waals surface area contributed by atoms with E-state index in [9.17, 15) is 10.1 Å². The van der Waals surface area contributed by atoms with Crippen molar-refractivity contribution >= 4 is 51.0 Å². The number of nitro benzene ring substituents is 1. The predicted octanol–water partition coefficient (Wildman–Crippen LogP) is 5.03. The molecule has 6 heteroatoms. The number of rotatable bonds is 3. The van der Waals surface area contributed by atoms with E-state index >= 15 is 0 Å². The van der Waals surface area contributed by atoms with Gasteiger partial charge in [0.2, 0.25) is 0 Å². The van der Waals surface area contributed by atoms with Crippen LogP contribution < -0.4 is 0 Å². The molecule has 0 N–H and O–H groups in total. The number of nitro groups is 1. The van der Waals surface area contributed by atoms with E-state index in [2.05, 4.69) is 4.98 Å². The number of benzene rings is 2. The Morgan fingerprint density at radius 2 is 2.00 bits per heavy atom. The number of hydrogen-bond acceptors (Lipinski definition) is 4. The lowest BCUT2D eigenvalue weighted by atomic mass is 10.2. The van der Waals surface area contributed by atoms with Crippen LogP contribution in [0.3, 0.4) is 0 Å². The van der Waals surface area contributed by atoms with Gasteiger partial charge in [-0.15, -0.1) is 11.3 Å². The summed E-state index contributed by atoms with van der Waals surface area (Å²) in [6.07, 6.45) is 3.56. The van der Waals surface area contributed by atoms with Crippen LogP contribution in [0.5, 0.6) is 0 Å². The van der Waals surface area contributed by atoms with E-state index in [1.165, 1.54) is 18.2 Å². The number of non-ortho nitro benzene ring substituents is 1. The summed E-state index contributed by atoms with van der Waals surface area (Å²) >= 11 is 7.61. The summed E-state index contributed by atoms with van der Waals surface area (Å²) in [5, 5.41) is 12.1. The third-order valence-electron chi connectivity index (χ3n) is 2.91. The molecule has 104 valence electrons. The fourth-order valence-corrected chi connectivity index (χ4v) is 2.95. The number of hydrogen-bond donors (Lipinski definition) is 0. The van der Waals surface area contributed by atoms with Gasteiger partial charge in [0.25, 0.3) is 5.69 Å². The van der Waals surface area contributed by atoms with Crippen molar-refractivity contribution in [1.82, 2.24) is 4.98 Å². The summed E-state index contributed by atoms with van der Waals surface area (Å²) < 4.78 is 1.10. The van der Waals surface area contributed by atoms with Crippen LogP contribution in [0.15, 0.2) is 42.5 Å². The Morgan fingerprint density at radius 3 is 2.76 bits per heavy atom. The maximum absolute atomic E-state index is 10.8. The van der Waals surface area contributed by atoms with E-state index in [1.807, 2.05) is 30.3 Å². The molecule has 3 rings (SSSR count). The predicted molar refractivity (Wildman–Crippen MR) is 86.7 cm³/mol. The normalized spacial score (nSPS) is 11.3. The smallest absolute Gasteiger partial charge is 0.258 e. The third-order valence-corrected chi connectivity index (χ3v) is 4.25. The molecule has 0 spiro atoms. The fourth-order valence-electron chi connectivity index (χ4n) is 1.89. The summed E-state index contributed by atoms with van der Waals surface area (Å²) in [6.45, 7) is 0. The Kier molecular flexibility index (Phi) is 3.68. The number of halogens is 1. The van der Waals surface area contributed by atoms with Gasteiger partial charge in [-0.1, -0.05) is 29.8 Å². The first-order valence-corrected chi connectivity index (χ1v) is 7.30. The molecule has 0 fully saturated rings. The molecule has 1 aromatic heterocycles. The number of aromatic nitrogens is 1. The van der Waals surface area contributed by atoms with E-state index in [0.29, 0.717) is 10.6 Å². The maximum Gasteiger partial charge on any atom is 0.270 e. The van der Waals surface area contributed by atoms with Crippen LogP contribution in [0.25, 0.3) is 22.4 Å². The van der Waals surface area contributed by atoms with Crippen LogP contribution in [0.2, 0.25) is 5.02 Å². The van der Waals surface area contributed by atoms with Gasteiger partial charge in [0.05, 0.1) is 15.1 Å². The molecule has 2 aromatic carbocycles. The summed E-state index contributed by atoms with van der Waals surface area (Å²) in [5.74, 6) is 0. The van der Waals surface area contributed by atoms with Crippen molar-refractivity contribution in [3.05, 3.63) is 68.2 Å². The second kappa shape index (κ2) is 5.63. The lowest BCUT2D eigenvalue weighted by Crippen LogP contribution is -1.88. The number of fused-ring (bicyclic) bond motifs is 1. The Morgan fingerprint density at radius 1 is 1.19 bits per heavy atom. The Bertz CT molecular complexity index is 825. The lowest BCUT2D eigenvalue weighted by molar-refractivity contribution is -0.384. The van der Waals surface area contributed by atoms with Crippen molar-refractivity contribution in [1.29, 1.82) is 0 Å². The quantitative estimate of drug-likeness (QED) is 0.503. The molecular formula is C15H9ClN2O2S. The molecule has 1 heterocycles. The summed E-state index contributed by atoms with van der Waals surface area (Å²) in [5.41, 5.74) is 1.56. The highest BCUT2D eigenvalue weighted by molar-refractivity contribution is 7.19. The Labute approximate surface area is 129 Å². The average Bonchev–Trinajstić information content (AvgIpc) is 2.89. The van der Waals surface area contributed by atoms with Crippen LogP contribution in [0.1, 0.15) is 10.6 Å². The minimum Gasteiger partial charge on any atom is -0.258 e. The van der Waals surface area contributed by atoms with Crippen molar-refractivity contribution in [3.63, 3.8) is 0 Å². The van der Waals surface area contributed by atoms with Gasteiger partial charge in [0.1, 0.15) is 5.01 Å². The fraction of sp³-hybridized carbons (Fsp3) is 0. The summed E-state index contributed by atoms with van der Waals surface area (Å²) in [6, 6.07) is 12.2. The summed E-state index contributed by atoms with van der Waals surface area (Å²) in [7, 11) is 0. The summed E-state index contributed by atoms with van der Waals surface area (Å²) in [4.78, 5) is 14.8. The molecule has 0 aliphatic carbocycles. The van der Waals surface area contributed by atoms with Gasteiger partial charge in [0, 0.05) is 17.2 Å². The highest BCUT2D eigenvalue weighted by atomic mass is 35.5. The molecule has 3 aromatic rings. The molecule has 0 radical (unpaired) electrons. The van der Waals surface area contributed by atoms with Gasteiger partial charge in [0.15, 0.2) is 0 Å². The molecule has 0 atom stereocenters. The molecular weight excluding hydrogens is 308 g/mol. The molecule has 0 bridgehead atoms. The SMILES string of the molecule is O=[N+]([O-])c1ccc(Cl)c(C=Cc2nc3ccccc3s2)c1. The number of para-hydroxylation sites is 1. The van der Waals surface area contributed by atoms with Crippen molar-refractivity contribution in [2.45, 2.75) is 0 Å². The molecule has 0 unspecified atom stereocenters. The van der Waals surface area contributed by atoms with E-state index in [0.717, 1.165) is 15.2 Å². The zero-order valence-corrected chi connectivity index (χ0v) is 12.3. The molecule has 0 aliphatic heterocycles. The third kappa shape index (κ3) is 2.94. The minimum atomic E-state index is -0.439. The Hall–Kier alpha value is -2.24. The zero-order valence-electron chi connectivity index (χ0n) is 10.7. The Balaban J connectivity index is 1.95. The molecule has 0 amide bonds. The van der Waals surface area contributed by atoms with Gasteiger partial charge >= 0.3 is 0 Å². The van der Waals surface area contributed by atoms with E-state index in [-0.39, 0.29) is 5.69 Å². The lowest BCUT2D eigenvalue weighted by Gasteiger charge is -1.97. The highest BCUT2D eigenvalue weighted by Gasteiger charge is 2.08.